The number of nitrogens with one attached hydrogen (secondary N) is 1. The maximum atomic E-state index is 10.0. The fourth-order valence-electron chi connectivity index (χ4n) is 3.22. The number of hydrogen-bond donors (Lipinski definition) is 2. The normalized spacial score (nSPS) is 11.2. The molecule has 124 valence electrons. The Bertz CT molecular complexity index is 1080. The summed E-state index contributed by atoms with van der Waals surface area (Å²) in [5, 5.41) is 11.1. The van der Waals surface area contributed by atoms with Gasteiger partial charge in [0.15, 0.2) is 0 Å². The van der Waals surface area contributed by atoms with Crippen LogP contribution in [0.15, 0.2) is 48.8 Å². The van der Waals surface area contributed by atoms with Gasteiger partial charge in [0, 0.05) is 40.3 Å². The third-order valence-electron chi connectivity index (χ3n) is 4.63. The van der Waals surface area contributed by atoms with E-state index in [1.807, 2.05) is 45.3 Å². The number of benzene rings is 1. The van der Waals surface area contributed by atoms with Gasteiger partial charge in [0.05, 0.1) is 0 Å². The summed E-state index contributed by atoms with van der Waals surface area (Å²) in [6, 6.07) is 11.9. The highest BCUT2D eigenvalue weighted by Gasteiger charge is 2.12. The highest BCUT2D eigenvalue weighted by atomic mass is 16.3. The second-order valence-corrected chi connectivity index (χ2v) is 6.43. The minimum absolute atomic E-state index is 0.307. The third kappa shape index (κ3) is 2.66. The number of H-pyrrole nitrogens is 1. The van der Waals surface area contributed by atoms with Crippen molar-refractivity contribution in [1.82, 2.24) is 15.0 Å². The molecule has 0 aliphatic heterocycles. The van der Waals surface area contributed by atoms with E-state index >= 15 is 0 Å². The molecule has 0 amide bonds. The Morgan fingerprint density at radius 1 is 0.880 bits per heavy atom. The molecule has 3 heterocycles. The number of aromatic amines is 1. The molecular formula is C21H19N3O. The third-order valence-corrected chi connectivity index (χ3v) is 4.63. The first-order chi connectivity index (χ1) is 12.0. The van der Waals surface area contributed by atoms with E-state index < -0.39 is 0 Å². The summed E-state index contributed by atoms with van der Waals surface area (Å²) in [6.45, 7) is 5.96. The van der Waals surface area contributed by atoms with Crippen LogP contribution in [0.2, 0.25) is 0 Å². The van der Waals surface area contributed by atoms with Crippen LogP contribution in [0.3, 0.4) is 0 Å². The Hall–Kier alpha value is -3.14. The largest absolute Gasteiger partial charge is 0.508 e. The topological polar surface area (TPSA) is 61.8 Å². The number of pyridine rings is 2. The monoisotopic (exact) mass is 329 g/mol. The van der Waals surface area contributed by atoms with Gasteiger partial charge in [-0.2, -0.15) is 0 Å². The summed E-state index contributed by atoms with van der Waals surface area (Å²) in [6.07, 6.45) is 3.72. The predicted molar refractivity (Wildman–Crippen MR) is 101 cm³/mol. The van der Waals surface area contributed by atoms with E-state index in [2.05, 4.69) is 33.2 Å². The maximum absolute atomic E-state index is 10.0. The van der Waals surface area contributed by atoms with Crippen LogP contribution in [-0.4, -0.2) is 20.1 Å². The molecule has 2 N–H and O–H groups in total. The lowest BCUT2D eigenvalue weighted by atomic mass is 9.96. The van der Waals surface area contributed by atoms with E-state index in [0.717, 1.165) is 50.2 Å². The summed E-state index contributed by atoms with van der Waals surface area (Å²) >= 11 is 0. The molecular weight excluding hydrogens is 310 g/mol. The van der Waals surface area contributed by atoms with Crippen molar-refractivity contribution < 1.29 is 5.11 Å². The zero-order chi connectivity index (χ0) is 17.6. The van der Waals surface area contributed by atoms with Gasteiger partial charge in [0.25, 0.3) is 0 Å². The molecule has 0 bridgehead atoms. The molecule has 0 atom stereocenters. The molecule has 0 spiro atoms. The van der Waals surface area contributed by atoms with Gasteiger partial charge in [-0.25, -0.2) is 4.98 Å². The molecule has 0 fully saturated rings. The average molecular weight is 329 g/mol. The second kappa shape index (κ2) is 5.74. The van der Waals surface area contributed by atoms with Crippen LogP contribution in [0, 0.1) is 20.8 Å². The predicted octanol–water partition coefficient (Wildman–Crippen LogP) is 4.92. The molecule has 1 aromatic carbocycles. The first-order valence-corrected chi connectivity index (χ1v) is 8.24. The van der Waals surface area contributed by atoms with Crippen molar-refractivity contribution in [2.75, 3.05) is 0 Å². The van der Waals surface area contributed by atoms with E-state index in [9.17, 15) is 5.11 Å². The molecule has 4 rings (SSSR count). The van der Waals surface area contributed by atoms with Crippen LogP contribution in [0.25, 0.3) is 33.4 Å². The van der Waals surface area contributed by atoms with Crippen LogP contribution in [0.4, 0.5) is 0 Å². The molecule has 0 aliphatic carbocycles. The molecule has 4 aromatic rings. The molecule has 0 saturated heterocycles. The summed E-state index contributed by atoms with van der Waals surface area (Å²) in [4.78, 5) is 12.3. The number of aromatic nitrogens is 3. The Labute approximate surface area is 146 Å². The summed E-state index contributed by atoms with van der Waals surface area (Å²) in [5.41, 5.74) is 7.91. The molecule has 0 aliphatic rings. The molecule has 0 radical (unpaired) electrons. The molecule has 0 unspecified atom stereocenters. The van der Waals surface area contributed by atoms with E-state index in [1.165, 1.54) is 0 Å². The molecule has 4 heteroatoms. The van der Waals surface area contributed by atoms with Crippen LogP contribution in [0.1, 0.15) is 16.8 Å². The molecule has 3 aromatic heterocycles. The van der Waals surface area contributed by atoms with E-state index in [-0.39, 0.29) is 0 Å². The van der Waals surface area contributed by atoms with Crippen molar-refractivity contribution in [2.24, 2.45) is 0 Å². The minimum atomic E-state index is 0.307. The van der Waals surface area contributed by atoms with Crippen LogP contribution in [0.5, 0.6) is 5.75 Å². The van der Waals surface area contributed by atoms with Gasteiger partial charge < -0.3 is 10.1 Å². The lowest BCUT2D eigenvalue weighted by molar-refractivity contribution is 0.471. The van der Waals surface area contributed by atoms with Gasteiger partial charge in [0.1, 0.15) is 11.4 Å². The fraction of sp³-hybridized carbons (Fsp3) is 0.143. The van der Waals surface area contributed by atoms with E-state index in [0.29, 0.717) is 5.75 Å². The second-order valence-electron chi connectivity index (χ2n) is 6.43. The van der Waals surface area contributed by atoms with Crippen molar-refractivity contribution in [2.45, 2.75) is 20.8 Å². The van der Waals surface area contributed by atoms with Crippen molar-refractivity contribution >= 4 is 11.0 Å². The number of fused-ring (bicyclic) bond motifs is 1. The van der Waals surface area contributed by atoms with Crippen LogP contribution < -0.4 is 0 Å². The first kappa shape index (κ1) is 15.4. The van der Waals surface area contributed by atoms with Gasteiger partial charge >= 0.3 is 0 Å². The Kier molecular flexibility index (Phi) is 3.53. The Morgan fingerprint density at radius 3 is 2.44 bits per heavy atom. The van der Waals surface area contributed by atoms with Gasteiger partial charge in [-0.05, 0) is 67.8 Å². The average Bonchev–Trinajstić information content (AvgIpc) is 3.02. The Morgan fingerprint density at radius 2 is 1.68 bits per heavy atom. The minimum Gasteiger partial charge on any atom is -0.508 e. The number of nitrogens with zero attached hydrogens (tertiary/aromatic N) is 2. The number of phenols is 1. The van der Waals surface area contributed by atoms with Crippen molar-refractivity contribution in [3.05, 3.63) is 65.6 Å². The molecule has 25 heavy (non-hydrogen) atoms. The molecule has 0 saturated carbocycles. The summed E-state index contributed by atoms with van der Waals surface area (Å²) in [5.74, 6) is 0.307. The lowest BCUT2D eigenvalue weighted by Crippen LogP contribution is -1.90. The number of aryl methyl sites for hydroxylation is 2. The fourth-order valence-corrected chi connectivity index (χ4v) is 3.22. The van der Waals surface area contributed by atoms with Crippen LogP contribution in [-0.2, 0) is 0 Å². The number of phenolic OH excluding ortho intramolecular Hbond substituents is 1. The first-order valence-electron chi connectivity index (χ1n) is 8.24. The van der Waals surface area contributed by atoms with Gasteiger partial charge in [-0.15, -0.1) is 0 Å². The SMILES string of the molecule is Cc1ccc(-c2cc3cc(-c4c(C)ccc(O)c4C)cnc3[nH]2)cn1. The van der Waals surface area contributed by atoms with Crippen molar-refractivity contribution in [3.8, 4) is 28.1 Å². The van der Waals surface area contributed by atoms with Crippen LogP contribution >= 0.6 is 0 Å². The maximum Gasteiger partial charge on any atom is 0.137 e. The summed E-state index contributed by atoms with van der Waals surface area (Å²) in [7, 11) is 0. The van der Waals surface area contributed by atoms with E-state index in [4.69, 9.17) is 0 Å². The standard InChI is InChI=1S/C21H19N3O/c1-12-4-7-19(25)14(3)20(12)17-8-16-9-18(24-21(16)23-11-17)15-6-5-13(2)22-10-15/h4-11,25H,1-3H3,(H,23,24). The smallest absolute Gasteiger partial charge is 0.137 e. The van der Waals surface area contributed by atoms with Gasteiger partial charge in [0.2, 0.25) is 0 Å². The summed E-state index contributed by atoms with van der Waals surface area (Å²) < 4.78 is 0. The number of aromatic hydroxyl groups is 1. The zero-order valence-corrected chi connectivity index (χ0v) is 14.5. The lowest BCUT2D eigenvalue weighted by Gasteiger charge is -2.11. The van der Waals surface area contributed by atoms with Crippen molar-refractivity contribution in [3.63, 3.8) is 0 Å². The zero-order valence-electron chi connectivity index (χ0n) is 14.5. The van der Waals surface area contributed by atoms with Gasteiger partial charge in [-0.3, -0.25) is 4.98 Å². The number of rotatable bonds is 2. The quantitative estimate of drug-likeness (QED) is 0.548. The van der Waals surface area contributed by atoms with Gasteiger partial charge in [-0.1, -0.05) is 6.07 Å². The molecule has 4 nitrogen and oxygen atoms in total. The Balaban J connectivity index is 1.84. The number of hydrogen-bond acceptors (Lipinski definition) is 3. The van der Waals surface area contributed by atoms with E-state index in [1.54, 1.807) is 6.07 Å². The van der Waals surface area contributed by atoms with Crippen molar-refractivity contribution in [1.29, 1.82) is 0 Å². The highest BCUT2D eigenvalue weighted by Crippen LogP contribution is 2.34. The highest BCUT2D eigenvalue weighted by molar-refractivity contribution is 5.87.